The van der Waals surface area contributed by atoms with Gasteiger partial charge in [0.15, 0.2) is 11.2 Å². The second kappa shape index (κ2) is 6.78. The van der Waals surface area contributed by atoms with E-state index in [4.69, 9.17) is 6.57 Å². The van der Waals surface area contributed by atoms with Crippen molar-refractivity contribution < 1.29 is 42.0 Å². The van der Waals surface area contributed by atoms with E-state index in [-0.39, 0.29) is 44.2 Å². The van der Waals surface area contributed by atoms with Crippen molar-refractivity contribution in [2.45, 2.75) is 39.2 Å². The summed E-state index contributed by atoms with van der Waals surface area (Å²) >= 11 is 0. The molecule has 0 heterocycles. The Hall–Kier alpha value is -0.756. The monoisotopic (exact) mass is 375 g/mol. The standard InChI is InChI=1S/C17H23N3O.Y/c1-7-20(5,6)17(8-9-17)16(21)19-15-12(2)10-14(18-4)11-13(15)3;/h10-11H,7-9H2,1-3,5-6H3;/p+1. The Morgan fingerprint density at radius 3 is 2.18 bits per heavy atom. The van der Waals surface area contributed by atoms with E-state index < -0.39 is 0 Å². The number of aryl methyl sites for hydroxylation is 2. The van der Waals surface area contributed by atoms with Gasteiger partial charge in [0.1, 0.15) is 0 Å². The average Bonchev–Trinajstić information content (AvgIpc) is 3.24. The number of hydrogen-bond donors (Lipinski definition) is 1. The molecule has 115 valence electrons. The molecule has 0 saturated heterocycles. The molecular formula is C17H24N3OY+. The molecule has 0 aliphatic heterocycles. The molecule has 1 amide bonds. The van der Waals surface area contributed by atoms with E-state index in [2.05, 4.69) is 31.2 Å². The number of rotatable bonds is 4. The Bertz CT molecular complexity index is 604. The van der Waals surface area contributed by atoms with Crippen molar-refractivity contribution in [3.8, 4) is 0 Å². The fourth-order valence-electron chi connectivity index (χ4n) is 2.96. The van der Waals surface area contributed by atoms with Crippen LogP contribution >= 0.6 is 0 Å². The third kappa shape index (κ3) is 3.27. The maximum Gasteiger partial charge on any atom is 0.285 e. The first-order valence-corrected chi connectivity index (χ1v) is 7.40. The van der Waals surface area contributed by atoms with Gasteiger partial charge in [-0.1, -0.05) is 12.1 Å². The summed E-state index contributed by atoms with van der Waals surface area (Å²) in [5, 5.41) is 3.12. The van der Waals surface area contributed by atoms with E-state index in [1.165, 1.54) is 0 Å². The molecule has 4 nitrogen and oxygen atoms in total. The molecule has 1 N–H and O–H groups in total. The van der Waals surface area contributed by atoms with Crippen molar-refractivity contribution in [1.29, 1.82) is 0 Å². The van der Waals surface area contributed by atoms with Crippen LogP contribution in [-0.4, -0.2) is 36.6 Å². The van der Waals surface area contributed by atoms with E-state index >= 15 is 0 Å². The molecule has 1 radical (unpaired) electrons. The number of carbonyl (C=O) groups excluding carboxylic acids is 1. The Balaban J connectivity index is 0.00000242. The Morgan fingerprint density at radius 1 is 1.32 bits per heavy atom. The average molecular weight is 375 g/mol. The van der Waals surface area contributed by atoms with E-state index in [0.29, 0.717) is 5.69 Å². The summed E-state index contributed by atoms with van der Waals surface area (Å²) < 4.78 is 0.719. The first-order valence-electron chi connectivity index (χ1n) is 7.40. The molecule has 1 aliphatic carbocycles. The Kier molecular flexibility index (Phi) is 5.95. The van der Waals surface area contributed by atoms with E-state index in [9.17, 15) is 4.79 Å². The minimum Gasteiger partial charge on any atom is -0.320 e. The van der Waals surface area contributed by atoms with Gasteiger partial charge in [0, 0.05) is 51.2 Å². The van der Waals surface area contributed by atoms with Crippen LogP contribution in [0, 0.1) is 20.4 Å². The van der Waals surface area contributed by atoms with Gasteiger partial charge in [0.25, 0.3) is 5.91 Å². The number of hydrogen-bond acceptors (Lipinski definition) is 1. The zero-order valence-corrected chi connectivity index (χ0v) is 17.0. The third-order valence-electron chi connectivity index (χ3n) is 4.98. The van der Waals surface area contributed by atoms with Gasteiger partial charge in [-0.2, -0.15) is 0 Å². The van der Waals surface area contributed by atoms with Crippen LogP contribution in [0.2, 0.25) is 0 Å². The van der Waals surface area contributed by atoms with E-state index in [1.54, 1.807) is 0 Å². The molecular weight excluding hydrogens is 351 g/mol. The number of nitrogens with zero attached hydrogens (tertiary/aromatic N) is 2. The SMILES string of the molecule is [C-]#[N+]c1cc(C)c(NC(=O)C2([N+](C)(C)CC)CC2)c(C)c1.[Y]. The molecule has 0 atom stereocenters. The van der Waals surface area contributed by atoms with Crippen molar-refractivity contribution >= 4 is 17.3 Å². The fraction of sp³-hybridized carbons (Fsp3) is 0.529. The maximum absolute atomic E-state index is 12.8. The molecule has 0 spiro atoms. The van der Waals surface area contributed by atoms with E-state index in [1.807, 2.05) is 26.0 Å². The molecule has 0 aromatic heterocycles. The molecule has 1 fully saturated rings. The van der Waals surface area contributed by atoms with E-state index in [0.717, 1.165) is 40.7 Å². The first-order chi connectivity index (χ1) is 9.77. The van der Waals surface area contributed by atoms with Gasteiger partial charge in [-0.15, -0.1) is 0 Å². The fourth-order valence-corrected chi connectivity index (χ4v) is 2.96. The first kappa shape index (κ1) is 19.3. The van der Waals surface area contributed by atoms with Crippen molar-refractivity contribution in [2.75, 3.05) is 26.0 Å². The number of benzene rings is 1. The van der Waals surface area contributed by atoms with Gasteiger partial charge in [-0.25, -0.2) is 4.85 Å². The molecule has 5 heteroatoms. The van der Waals surface area contributed by atoms with Gasteiger partial charge in [0.05, 0.1) is 27.2 Å². The van der Waals surface area contributed by atoms with Crippen LogP contribution in [0.1, 0.15) is 30.9 Å². The van der Waals surface area contributed by atoms with Gasteiger partial charge in [0.2, 0.25) is 0 Å². The Labute approximate surface area is 158 Å². The van der Waals surface area contributed by atoms with Gasteiger partial charge in [-0.05, 0) is 31.9 Å². The van der Waals surface area contributed by atoms with Gasteiger partial charge >= 0.3 is 0 Å². The summed E-state index contributed by atoms with van der Waals surface area (Å²) in [4.78, 5) is 16.2. The molecule has 2 rings (SSSR count). The zero-order chi connectivity index (χ0) is 15.8. The van der Waals surface area contributed by atoms with Crippen molar-refractivity contribution in [2.24, 2.45) is 0 Å². The van der Waals surface area contributed by atoms with Crippen LogP contribution in [0.3, 0.4) is 0 Å². The smallest absolute Gasteiger partial charge is 0.285 e. The minimum absolute atomic E-state index is 0. The van der Waals surface area contributed by atoms with Crippen molar-refractivity contribution in [3.63, 3.8) is 0 Å². The number of carbonyl (C=O) groups is 1. The summed E-state index contributed by atoms with van der Waals surface area (Å²) in [6.45, 7) is 14.0. The van der Waals surface area contributed by atoms with Crippen LogP contribution in [0.5, 0.6) is 0 Å². The molecule has 0 unspecified atom stereocenters. The predicted octanol–water partition coefficient (Wildman–Crippen LogP) is 3.42. The van der Waals surface area contributed by atoms with Gasteiger partial charge in [-0.3, -0.25) is 4.79 Å². The van der Waals surface area contributed by atoms with Crippen LogP contribution < -0.4 is 5.32 Å². The molecule has 1 saturated carbocycles. The number of nitrogens with one attached hydrogen (secondary N) is 1. The molecule has 0 bridgehead atoms. The van der Waals surface area contributed by atoms with Crippen LogP contribution in [0.25, 0.3) is 4.85 Å². The number of amides is 1. The summed E-state index contributed by atoms with van der Waals surface area (Å²) in [6.07, 6.45) is 1.88. The molecule has 1 aliphatic rings. The Morgan fingerprint density at radius 2 is 1.82 bits per heavy atom. The third-order valence-corrected chi connectivity index (χ3v) is 4.98. The van der Waals surface area contributed by atoms with Crippen LogP contribution in [0.4, 0.5) is 11.4 Å². The summed E-state index contributed by atoms with van der Waals surface area (Å²) in [5.74, 6) is 0.108. The predicted molar refractivity (Wildman–Crippen MR) is 85.4 cm³/mol. The summed E-state index contributed by atoms with van der Waals surface area (Å²) in [5.41, 5.74) is 3.09. The van der Waals surface area contributed by atoms with Crippen LogP contribution in [0.15, 0.2) is 12.1 Å². The zero-order valence-electron chi connectivity index (χ0n) is 14.2. The largest absolute Gasteiger partial charge is 0.320 e. The second-order valence-corrected chi connectivity index (χ2v) is 6.55. The van der Waals surface area contributed by atoms with Gasteiger partial charge < -0.3 is 9.80 Å². The second-order valence-electron chi connectivity index (χ2n) is 6.55. The quantitative estimate of drug-likeness (QED) is 0.635. The topological polar surface area (TPSA) is 33.5 Å². The number of anilines is 1. The van der Waals surface area contributed by atoms with Crippen molar-refractivity contribution in [1.82, 2.24) is 0 Å². The maximum atomic E-state index is 12.8. The number of quaternary nitrogens is 1. The van der Waals surface area contributed by atoms with Crippen LogP contribution in [-0.2, 0) is 37.5 Å². The number of likely N-dealkylation sites (N-methyl/N-ethyl adjacent to an activating group) is 1. The van der Waals surface area contributed by atoms with Crippen molar-refractivity contribution in [3.05, 3.63) is 34.7 Å². The summed E-state index contributed by atoms with van der Waals surface area (Å²) in [7, 11) is 4.24. The molecule has 22 heavy (non-hydrogen) atoms. The molecule has 1 aromatic rings. The summed E-state index contributed by atoms with van der Waals surface area (Å²) in [6, 6.07) is 3.66. The molecule has 1 aromatic carbocycles. The minimum atomic E-state index is -0.286. The normalized spacial score (nSPS) is 15.5.